The van der Waals surface area contributed by atoms with E-state index in [9.17, 15) is 0 Å². The van der Waals surface area contributed by atoms with E-state index < -0.39 is 0 Å². The van der Waals surface area contributed by atoms with Gasteiger partial charge in [0, 0.05) is 51.6 Å². The van der Waals surface area contributed by atoms with Gasteiger partial charge in [-0.05, 0) is 71.0 Å². The molecule has 3 heterocycles. The van der Waals surface area contributed by atoms with E-state index in [4.69, 9.17) is 0 Å². The maximum absolute atomic E-state index is 2.44. The van der Waals surface area contributed by atoms with Crippen molar-refractivity contribution in [1.29, 1.82) is 0 Å². The highest BCUT2D eigenvalue weighted by Crippen LogP contribution is 2.44. The molecule has 3 heteroatoms. The Morgan fingerprint density at radius 3 is 2.11 bits per heavy atom. The number of nitrogens with zero attached hydrogens (tertiary/aromatic N) is 1. The van der Waals surface area contributed by atoms with Crippen LogP contribution in [0.25, 0.3) is 86.1 Å². The molecule has 3 aromatic heterocycles. The largest absolute Gasteiger partial charge is 0.309 e. The Balaban J connectivity index is 1.05. The van der Waals surface area contributed by atoms with Crippen LogP contribution < -0.4 is 0 Å². The van der Waals surface area contributed by atoms with Crippen LogP contribution in [0.2, 0.25) is 0 Å². The number of benzene rings is 6. The molecule has 0 spiro atoms. The zero-order chi connectivity index (χ0) is 29.5. The van der Waals surface area contributed by atoms with Gasteiger partial charge >= 0.3 is 0 Å². The van der Waals surface area contributed by atoms with Crippen LogP contribution in [0.15, 0.2) is 133 Å². The minimum Gasteiger partial charge on any atom is -0.309 e. The van der Waals surface area contributed by atoms with Gasteiger partial charge in [-0.1, -0.05) is 109 Å². The molecule has 1 aliphatic carbocycles. The number of thiophene rings is 2. The van der Waals surface area contributed by atoms with Gasteiger partial charge in [0.05, 0.1) is 11.0 Å². The number of hydrogen-bond donors (Lipinski definition) is 0. The summed E-state index contributed by atoms with van der Waals surface area (Å²) >= 11 is 3.88. The van der Waals surface area contributed by atoms with E-state index in [1.165, 1.54) is 90.4 Å². The lowest BCUT2D eigenvalue weighted by molar-refractivity contribution is 1.02. The summed E-state index contributed by atoms with van der Waals surface area (Å²) < 4.78 is 6.56. The van der Waals surface area contributed by atoms with E-state index in [-0.39, 0.29) is 0 Å². The molecule has 0 atom stereocenters. The van der Waals surface area contributed by atoms with Gasteiger partial charge in [-0.25, -0.2) is 0 Å². The van der Waals surface area contributed by atoms with Crippen molar-refractivity contribution in [2.45, 2.75) is 12.8 Å². The van der Waals surface area contributed by atoms with E-state index in [1.807, 2.05) is 22.7 Å². The third kappa shape index (κ3) is 3.78. The van der Waals surface area contributed by atoms with Gasteiger partial charge in [-0.3, -0.25) is 0 Å². The zero-order valence-electron chi connectivity index (χ0n) is 24.5. The lowest BCUT2D eigenvalue weighted by Gasteiger charge is -2.10. The highest BCUT2D eigenvalue weighted by atomic mass is 32.1. The topological polar surface area (TPSA) is 4.93 Å². The highest BCUT2D eigenvalue weighted by molar-refractivity contribution is 7.26. The molecule has 0 fully saturated rings. The fourth-order valence-corrected chi connectivity index (χ4v) is 9.95. The first-order valence-electron chi connectivity index (χ1n) is 15.6. The van der Waals surface area contributed by atoms with Crippen molar-refractivity contribution in [2.75, 3.05) is 0 Å². The molecule has 9 aromatic rings. The van der Waals surface area contributed by atoms with Crippen LogP contribution in [0.3, 0.4) is 0 Å². The Labute approximate surface area is 268 Å². The number of allylic oxidation sites excluding steroid dienone is 1. The van der Waals surface area contributed by atoms with Gasteiger partial charge in [-0.15, -0.1) is 22.7 Å². The van der Waals surface area contributed by atoms with Crippen LogP contribution in [-0.2, 0) is 6.42 Å². The second-order valence-corrected chi connectivity index (χ2v) is 14.1. The number of rotatable bonds is 3. The van der Waals surface area contributed by atoms with E-state index >= 15 is 0 Å². The molecule has 0 unspecified atom stereocenters. The van der Waals surface area contributed by atoms with Crippen LogP contribution >= 0.6 is 22.7 Å². The third-order valence-corrected chi connectivity index (χ3v) is 12.0. The Hall–Kier alpha value is -4.96. The second-order valence-electron chi connectivity index (χ2n) is 12.0. The molecule has 10 rings (SSSR count). The van der Waals surface area contributed by atoms with Gasteiger partial charge in [0.15, 0.2) is 0 Å². The van der Waals surface area contributed by atoms with Gasteiger partial charge in [0.2, 0.25) is 0 Å². The smallest absolute Gasteiger partial charge is 0.0555 e. The summed E-state index contributed by atoms with van der Waals surface area (Å²) in [5.41, 5.74) is 10.2. The van der Waals surface area contributed by atoms with Gasteiger partial charge in [-0.2, -0.15) is 0 Å². The Bertz CT molecular complexity index is 2630. The van der Waals surface area contributed by atoms with Crippen molar-refractivity contribution in [3.63, 3.8) is 0 Å². The molecule has 0 radical (unpaired) electrons. The molecule has 0 N–H and O–H groups in total. The monoisotopic (exact) mass is 609 g/mol. The molecule has 1 aliphatic rings. The van der Waals surface area contributed by atoms with E-state index in [2.05, 4.69) is 144 Å². The van der Waals surface area contributed by atoms with Crippen LogP contribution in [0.5, 0.6) is 0 Å². The quantitative estimate of drug-likeness (QED) is 0.188. The Kier molecular flexibility index (Phi) is 5.51. The van der Waals surface area contributed by atoms with Crippen molar-refractivity contribution < 1.29 is 0 Å². The van der Waals surface area contributed by atoms with Gasteiger partial charge in [0.1, 0.15) is 0 Å². The molecule has 0 amide bonds. The molecule has 1 nitrogen and oxygen atoms in total. The molecule has 0 bridgehead atoms. The first-order chi connectivity index (χ1) is 22.3. The molecular weight excluding hydrogens is 583 g/mol. The first kappa shape index (κ1) is 25.4. The summed E-state index contributed by atoms with van der Waals surface area (Å²) in [5, 5.41) is 6.78. The van der Waals surface area contributed by atoms with E-state index in [0.717, 1.165) is 12.8 Å². The zero-order valence-corrected chi connectivity index (χ0v) is 26.1. The minimum atomic E-state index is 1.14. The summed E-state index contributed by atoms with van der Waals surface area (Å²) in [6, 6.07) is 47.1. The number of fused-ring (bicyclic) bond motifs is 10. The highest BCUT2D eigenvalue weighted by Gasteiger charge is 2.20. The van der Waals surface area contributed by atoms with Crippen molar-refractivity contribution in [3.8, 4) is 27.9 Å². The second kappa shape index (κ2) is 9.77. The maximum Gasteiger partial charge on any atom is 0.0555 e. The third-order valence-electron chi connectivity index (χ3n) is 9.49. The number of aryl methyl sites for hydroxylation is 1. The maximum atomic E-state index is 2.44. The number of para-hydroxylation sites is 1. The summed E-state index contributed by atoms with van der Waals surface area (Å²) in [7, 11) is 0. The molecule has 212 valence electrons. The molecule has 0 saturated carbocycles. The van der Waals surface area contributed by atoms with Gasteiger partial charge < -0.3 is 4.57 Å². The Morgan fingerprint density at radius 2 is 1.24 bits per heavy atom. The van der Waals surface area contributed by atoms with Crippen LogP contribution in [0.1, 0.15) is 16.9 Å². The number of hydrogen-bond acceptors (Lipinski definition) is 2. The van der Waals surface area contributed by atoms with Crippen molar-refractivity contribution >= 4 is 80.8 Å². The lowest BCUT2D eigenvalue weighted by atomic mass is 9.99. The lowest BCUT2D eigenvalue weighted by Crippen LogP contribution is -1.93. The van der Waals surface area contributed by atoms with Crippen LogP contribution in [0.4, 0.5) is 0 Å². The Morgan fingerprint density at radius 1 is 0.511 bits per heavy atom. The fourth-order valence-electron chi connectivity index (χ4n) is 7.36. The van der Waals surface area contributed by atoms with Crippen LogP contribution in [-0.4, -0.2) is 4.57 Å². The molecule has 45 heavy (non-hydrogen) atoms. The normalized spacial score (nSPS) is 13.1. The summed E-state index contributed by atoms with van der Waals surface area (Å²) in [4.78, 5) is 1.52. The van der Waals surface area contributed by atoms with Gasteiger partial charge in [0.25, 0.3) is 0 Å². The van der Waals surface area contributed by atoms with Crippen LogP contribution in [0, 0.1) is 0 Å². The first-order valence-corrected chi connectivity index (χ1v) is 17.2. The molecule has 0 aliphatic heterocycles. The fraction of sp³-hybridized carbons (Fsp3) is 0.0476. The van der Waals surface area contributed by atoms with Crippen molar-refractivity contribution in [3.05, 3.63) is 144 Å². The summed E-state index contributed by atoms with van der Waals surface area (Å²) in [6.45, 7) is 0. The predicted molar refractivity (Wildman–Crippen MR) is 197 cm³/mol. The number of aromatic nitrogens is 1. The summed E-state index contributed by atoms with van der Waals surface area (Å²) in [6.07, 6.45) is 6.94. The van der Waals surface area contributed by atoms with Crippen molar-refractivity contribution in [1.82, 2.24) is 4.57 Å². The average molecular weight is 610 g/mol. The van der Waals surface area contributed by atoms with Crippen molar-refractivity contribution in [2.24, 2.45) is 0 Å². The molecular formula is C42H27NS2. The average Bonchev–Trinajstić information content (AvgIpc) is 3.78. The predicted octanol–water partition coefficient (Wildman–Crippen LogP) is 12.7. The molecule has 6 aromatic carbocycles. The molecule has 0 saturated heterocycles. The minimum absolute atomic E-state index is 1.14. The summed E-state index contributed by atoms with van der Waals surface area (Å²) in [5.74, 6) is 0. The van der Waals surface area contributed by atoms with E-state index in [0.29, 0.717) is 0 Å². The van der Waals surface area contributed by atoms with E-state index in [1.54, 1.807) is 0 Å². The SMILES string of the molecule is C1=Cc2c(sc3c2ccc2c3c3ccccc3n2-c2ccc(-c3ccc(-c4cccc5c4sc4ccccc45)cc3)cc2)CC1. The standard InChI is InChI=1S/C42H27NS2/c1-4-13-36-35(10-1)40-37(25-24-34-32-9-3-6-15-39(32)45-42(34)40)43(36)29-22-20-27(21-23-29)26-16-18-28(19-17-26)30-11-7-12-33-31-8-2-5-14-38(31)44-41(30)33/h1-5,7-14,16-25H,6,15H2.